The molecule has 0 spiro atoms. The molecule has 0 bridgehead atoms. The number of nitrogens with zero attached hydrogens (tertiary/aromatic N) is 2. The van der Waals surface area contributed by atoms with E-state index in [2.05, 4.69) is 24.1 Å². The van der Waals surface area contributed by atoms with Crippen LogP contribution in [0, 0.1) is 13.8 Å². The molecule has 4 heteroatoms. The van der Waals surface area contributed by atoms with E-state index in [1.807, 2.05) is 11.3 Å². The van der Waals surface area contributed by atoms with Crippen molar-refractivity contribution in [3.8, 4) is 0 Å². The van der Waals surface area contributed by atoms with Crippen LogP contribution in [0.4, 0.5) is 0 Å². The monoisotopic (exact) mass is 291 g/mol. The summed E-state index contributed by atoms with van der Waals surface area (Å²) in [6.07, 6.45) is 8.01. The Hall–Kier alpha value is -0.450. The second-order valence-corrected chi connectivity index (χ2v) is 8.15. The van der Waals surface area contributed by atoms with Gasteiger partial charge in [0.2, 0.25) is 0 Å². The molecule has 2 saturated heterocycles. The maximum Gasteiger partial charge on any atom is 0.113 e. The highest BCUT2D eigenvalue weighted by Gasteiger charge is 2.46. The van der Waals surface area contributed by atoms with E-state index in [1.54, 1.807) is 0 Å². The Kier molecular flexibility index (Phi) is 3.17. The lowest BCUT2D eigenvalue weighted by Crippen LogP contribution is -2.54. The van der Waals surface area contributed by atoms with Gasteiger partial charge in [0, 0.05) is 23.5 Å². The average Bonchev–Trinajstić information content (AvgIpc) is 2.99. The molecule has 1 saturated carbocycles. The molecule has 4 rings (SSSR count). The number of aromatic nitrogens is 1. The maximum atomic E-state index is 4.94. The number of rotatable bonds is 3. The Bertz CT molecular complexity index is 488. The highest BCUT2D eigenvalue weighted by Crippen LogP contribution is 2.43. The molecule has 3 fully saturated rings. The zero-order valence-electron chi connectivity index (χ0n) is 12.6. The summed E-state index contributed by atoms with van der Waals surface area (Å²) < 4.78 is 0. The van der Waals surface area contributed by atoms with Crippen LogP contribution in [0.3, 0.4) is 0 Å². The van der Waals surface area contributed by atoms with Crippen LogP contribution >= 0.6 is 11.3 Å². The predicted molar refractivity (Wildman–Crippen MR) is 83.3 cm³/mol. The second-order valence-electron chi connectivity index (χ2n) is 6.95. The Morgan fingerprint density at radius 2 is 2.10 bits per heavy atom. The standard InChI is InChI=1S/C16H25N3S/c1-11-12(2)20-15(17-11)16(18-13-5-6-13)7-9-19-8-3-4-14(19)10-16/h13-14,18H,3-10H2,1-2H3. The summed E-state index contributed by atoms with van der Waals surface area (Å²) in [4.78, 5) is 9.04. The normalized spacial score (nSPS) is 34.4. The Morgan fingerprint density at radius 3 is 2.80 bits per heavy atom. The lowest BCUT2D eigenvalue weighted by Gasteiger charge is -2.44. The van der Waals surface area contributed by atoms with E-state index >= 15 is 0 Å². The SMILES string of the molecule is Cc1nc(C2(NC3CC3)CCN3CCCC3C2)sc1C. The van der Waals surface area contributed by atoms with E-state index in [1.165, 1.54) is 67.2 Å². The highest BCUT2D eigenvalue weighted by molar-refractivity contribution is 7.11. The highest BCUT2D eigenvalue weighted by atomic mass is 32.1. The number of fused-ring (bicyclic) bond motifs is 1. The van der Waals surface area contributed by atoms with Gasteiger partial charge in [0.25, 0.3) is 0 Å². The average molecular weight is 291 g/mol. The molecule has 20 heavy (non-hydrogen) atoms. The van der Waals surface area contributed by atoms with Crippen molar-refractivity contribution in [3.63, 3.8) is 0 Å². The fourth-order valence-corrected chi connectivity index (χ4v) is 5.05. The van der Waals surface area contributed by atoms with Gasteiger partial charge in [-0.1, -0.05) is 0 Å². The predicted octanol–water partition coefficient (Wildman–Crippen LogP) is 2.97. The van der Waals surface area contributed by atoms with Crippen molar-refractivity contribution < 1.29 is 0 Å². The summed E-state index contributed by atoms with van der Waals surface area (Å²) in [5, 5.41) is 5.36. The first-order chi connectivity index (χ1) is 9.66. The van der Waals surface area contributed by atoms with Crippen LogP contribution in [0.25, 0.3) is 0 Å². The molecule has 1 aromatic rings. The molecule has 0 aromatic carbocycles. The quantitative estimate of drug-likeness (QED) is 0.928. The largest absolute Gasteiger partial charge is 0.303 e. The Morgan fingerprint density at radius 1 is 1.25 bits per heavy atom. The Labute approximate surface area is 125 Å². The maximum absolute atomic E-state index is 4.94. The molecule has 2 atom stereocenters. The molecule has 3 nitrogen and oxygen atoms in total. The third-order valence-corrected chi connectivity index (χ3v) is 6.68. The summed E-state index contributed by atoms with van der Waals surface area (Å²) in [6, 6.07) is 1.55. The molecule has 1 aliphatic carbocycles. The fourth-order valence-electron chi connectivity index (χ4n) is 3.94. The first-order valence-corrected chi connectivity index (χ1v) is 8.94. The fraction of sp³-hybridized carbons (Fsp3) is 0.812. The van der Waals surface area contributed by atoms with Crippen molar-refractivity contribution in [2.45, 2.75) is 70.0 Å². The lowest BCUT2D eigenvalue weighted by atomic mass is 9.83. The molecule has 0 amide bonds. The van der Waals surface area contributed by atoms with Gasteiger partial charge in [-0.15, -0.1) is 11.3 Å². The van der Waals surface area contributed by atoms with E-state index < -0.39 is 0 Å². The van der Waals surface area contributed by atoms with Crippen molar-refractivity contribution in [1.82, 2.24) is 15.2 Å². The minimum atomic E-state index is 0.177. The van der Waals surface area contributed by atoms with Crippen LogP contribution in [-0.4, -0.2) is 35.1 Å². The van der Waals surface area contributed by atoms with Crippen molar-refractivity contribution >= 4 is 11.3 Å². The van der Waals surface area contributed by atoms with Gasteiger partial charge in [-0.05, 0) is 58.9 Å². The third-order valence-electron chi connectivity index (χ3n) is 5.40. The van der Waals surface area contributed by atoms with Gasteiger partial charge in [-0.3, -0.25) is 0 Å². The molecular weight excluding hydrogens is 266 g/mol. The van der Waals surface area contributed by atoms with E-state index in [9.17, 15) is 0 Å². The Balaban J connectivity index is 1.66. The number of aryl methyl sites for hydroxylation is 2. The number of hydrogen-bond acceptors (Lipinski definition) is 4. The summed E-state index contributed by atoms with van der Waals surface area (Å²) in [6.45, 7) is 6.94. The van der Waals surface area contributed by atoms with Crippen LogP contribution in [0.15, 0.2) is 0 Å². The molecule has 3 heterocycles. The van der Waals surface area contributed by atoms with Gasteiger partial charge >= 0.3 is 0 Å². The number of piperidine rings is 1. The van der Waals surface area contributed by atoms with Gasteiger partial charge in [-0.25, -0.2) is 4.98 Å². The van der Waals surface area contributed by atoms with Crippen LogP contribution in [-0.2, 0) is 5.54 Å². The summed E-state index contributed by atoms with van der Waals surface area (Å²) in [7, 11) is 0. The number of thiazole rings is 1. The zero-order valence-corrected chi connectivity index (χ0v) is 13.4. The summed E-state index contributed by atoms with van der Waals surface area (Å²) >= 11 is 1.93. The van der Waals surface area contributed by atoms with Crippen molar-refractivity contribution in [2.24, 2.45) is 0 Å². The molecule has 2 aliphatic heterocycles. The number of hydrogen-bond donors (Lipinski definition) is 1. The van der Waals surface area contributed by atoms with Crippen molar-refractivity contribution in [1.29, 1.82) is 0 Å². The third kappa shape index (κ3) is 2.22. The first-order valence-electron chi connectivity index (χ1n) is 8.12. The van der Waals surface area contributed by atoms with Crippen molar-refractivity contribution in [3.05, 3.63) is 15.6 Å². The molecule has 0 radical (unpaired) electrons. The lowest BCUT2D eigenvalue weighted by molar-refractivity contribution is 0.103. The topological polar surface area (TPSA) is 28.2 Å². The van der Waals surface area contributed by atoms with Crippen LogP contribution in [0.1, 0.15) is 54.1 Å². The van der Waals surface area contributed by atoms with E-state index in [-0.39, 0.29) is 5.54 Å². The molecule has 2 unspecified atom stereocenters. The minimum Gasteiger partial charge on any atom is -0.303 e. The van der Waals surface area contributed by atoms with Crippen molar-refractivity contribution in [2.75, 3.05) is 13.1 Å². The molecule has 1 aromatic heterocycles. The molecule has 110 valence electrons. The number of nitrogens with one attached hydrogen (secondary N) is 1. The second kappa shape index (κ2) is 4.79. The van der Waals surface area contributed by atoms with Crippen LogP contribution in [0.2, 0.25) is 0 Å². The van der Waals surface area contributed by atoms with Gasteiger partial charge < -0.3 is 10.2 Å². The van der Waals surface area contributed by atoms with Crippen LogP contribution in [0.5, 0.6) is 0 Å². The zero-order chi connectivity index (χ0) is 13.7. The molecular formula is C16H25N3S. The van der Waals surface area contributed by atoms with Gasteiger partial charge in [0.15, 0.2) is 0 Å². The molecule has 3 aliphatic rings. The van der Waals surface area contributed by atoms with E-state index in [0.29, 0.717) is 0 Å². The first kappa shape index (κ1) is 13.2. The van der Waals surface area contributed by atoms with Gasteiger partial charge in [0.05, 0.1) is 11.2 Å². The summed E-state index contributed by atoms with van der Waals surface area (Å²) in [5.41, 5.74) is 1.41. The van der Waals surface area contributed by atoms with E-state index in [0.717, 1.165) is 12.1 Å². The smallest absolute Gasteiger partial charge is 0.113 e. The molecule has 1 N–H and O–H groups in total. The van der Waals surface area contributed by atoms with Crippen LogP contribution < -0.4 is 5.32 Å². The van der Waals surface area contributed by atoms with Gasteiger partial charge in [-0.2, -0.15) is 0 Å². The summed E-state index contributed by atoms with van der Waals surface area (Å²) in [5.74, 6) is 0. The minimum absolute atomic E-state index is 0.177. The van der Waals surface area contributed by atoms with Gasteiger partial charge in [0.1, 0.15) is 5.01 Å². The van der Waals surface area contributed by atoms with E-state index in [4.69, 9.17) is 4.98 Å².